The predicted molar refractivity (Wildman–Crippen MR) is 67.5 cm³/mol. The second kappa shape index (κ2) is 4.99. The maximum absolute atomic E-state index is 5.74. The first kappa shape index (κ1) is 11.6. The summed E-state index contributed by atoms with van der Waals surface area (Å²) < 4.78 is 0.883. The lowest BCUT2D eigenvalue weighted by atomic mass is 10.5. The highest BCUT2D eigenvalue weighted by Gasteiger charge is 2.08. The van der Waals surface area contributed by atoms with Crippen molar-refractivity contribution in [3.63, 3.8) is 0 Å². The van der Waals surface area contributed by atoms with E-state index in [0.29, 0.717) is 10.7 Å². The van der Waals surface area contributed by atoms with E-state index in [1.807, 2.05) is 12.1 Å². The lowest BCUT2D eigenvalue weighted by molar-refractivity contribution is 1.04. The number of nitrogens with two attached hydrogens (primary N) is 1. The minimum absolute atomic E-state index is 0.170. The maximum atomic E-state index is 5.74. The Labute approximate surface area is 110 Å². The summed E-state index contributed by atoms with van der Waals surface area (Å²) in [6.45, 7) is 0. The van der Waals surface area contributed by atoms with Gasteiger partial charge in [0.2, 0.25) is 5.28 Å². The summed E-state index contributed by atoms with van der Waals surface area (Å²) in [5.74, 6) is 0. The summed E-state index contributed by atoms with van der Waals surface area (Å²) in [5.41, 5.74) is 6.22. The first-order valence-corrected chi connectivity index (χ1v) is 6.22. The van der Waals surface area contributed by atoms with Crippen LogP contribution in [-0.4, -0.2) is 15.0 Å². The SMILES string of the molecule is Nc1cnc(Cl)nc1Sc1ncccc1Br. The smallest absolute Gasteiger partial charge is 0.223 e. The average molecular weight is 318 g/mol. The van der Waals surface area contributed by atoms with Gasteiger partial charge in [0.1, 0.15) is 10.1 Å². The number of nitrogen functional groups attached to an aromatic ring is 1. The third-order valence-electron chi connectivity index (χ3n) is 1.67. The summed E-state index contributed by atoms with van der Waals surface area (Å²) in [4.78, 5) is 12.0. The monoisotopic (exact) mass is 316 g/mol. The van der Waals surface area contributed by atoms with Crippen LogP contribution in [0.25, 0.3) is 0 Å². The molecule has 0 unspecified atom stereocenters. The summed E-state index contributed by atoms with van der Waals surface area (Å²) in [6.07, 6.45) is 3.18. The van der Waals surface area contributed by atoms with Gasteiger partial charge in [-0.25, -0.2) is 15.0 Å². The van der Waals surface area contributed by atoms with Crippen molar-refractivity contribution >= 4 is 45.0 Å². The van der Waals surface area contributed by atoms with Crippen LogP contribution in [-0.2, 0) is 0 Å². The minimum atomic E-state index is 0.170. The fourth-order valence-electron chi connectivity index (χ4n) is 0.975. The topological polar surface area (TPSA) is 64.7 Å². The standard InChI is InChI=1S/C9H6BrClN4S/c10-5-2-1-3-13-7(5)16-8-6(12)4-14-9(11)15-8/h1-4H,12H2. The number of halogens is 2. The third kappa shape index (κ3) is 2.63. The Bertz CT molecular complexity index is 523. The van der Waals surface area contributed by atoms with Gasteiger partial charge in [0, 0.05) is 6.20 Å². The van der Waals surface area contributed by atoms with Gasteiger partial charge in [0.05, 0.1) is 16.4 Å². The van der Waals surface area contributed by atoms with E-state index in [9.17, 15) is 0 Å². The van der Waals surface area contributed by atoms with Crippen LogP contribution in [0.3, 0.4) is 0 Å². The van der Waals surface area contributed by atoms with E-state index in [0.717, 1.165) is 9.50 Å². The van der Waals surface area contributed by atoms with Crippen molar-refractivity contribution in [2.45, 2.75) is 10.1 Å². The molecule has 7 heteroatoms. The Morgan fingerprint density at radius 3 is 2.88 bits per heavy atom. The van der Waals surface area contributed by atoms with E-state index in [-0.39, 0.29) is 5.28 Å². The molecule has 2 aromatic heterocycles. The van der Waals surface area contributed by atoms with Gasteiger partial charge >= 0.3 is 0 Å². The number of rotatable bonds is 2. The van der Waals surface area contributed by atoms with Crippen LogP contribution in [0.1, 0.15) is 0 Å². The zero-order valence-corrected chi connectivity index (χ0v) is 11.1. The molecule has 16 heavy (non-hydrogen) atoms. The van der Waals surface area contributed by atoms with E-state index >= 15 is 0 Å². The zero-order chi connectivity index (χ0) is 11.5. The molecule has 0 amide bonds. The van der Waals surface area contributed by atoms with Gasteiger partial charge < -0.3 is 5.73 Å². The van der Waals surface area contributed by atoms with Gasteiger partial charge in [-0.2, -0.15) is 0 Å². The molecule has 0 bridgehead atoms. The van der Waals surface area contributed by atoms with Crippen molar-refractivity contribution in [1.82, 2.24) is 15.0 Å². The van der Waals surface area contributed by atoms with Crippen molar-refractivity contribution in [3.05, 3.63) is 34.3 Å². The van der Waals surface area contributed by atoms with Gasteiger partial charge in [-0.3, -0.25) is 0 Å². The minimum Gasteiger partial charge on any atom is -0.395 e. The molecule has 2 heterocycles. The molecular weight excluding hydrogens is 312 g/mol. The van der Waals surface area contributed by atoms with E-state index < -0.39 is 0 Å². The van der Waals surface area contributed by atoms with E-state index in [2.05, 4.69) is 30.9 Å². The molecule has 0 fully saturated rings. The van der Waals surface area contributed by atoms with Gasteiger partial charge in [-0.15, -0.1) is 0 Å². The lowest BCUT2D eigenvalue weighted by Gasteiger charge is -2.04. The van der Waals surface area contributed by atoms with E-state index in [1.165, 1.54) is 18.0 Å². The summed E-state index contributed by atoms with van der Waals surface area (Å²) in [5, 5.41) is 1.55. The molecule has 2 rings (SSSR count). The van der Waals surface area contributed by atoms with Crippen molar-refractivity contribution in [1.29, 1.82) is 0 Å². The van der Waals surface area contributed by atoms with Gasteiger partial charge in [-0.1, -0.05) is 0 Å². The van der Waals surface area contributed by atoms with E-state index in [4.69, 9.17) is 17.3 Å². The summed E-state index contributed by atoms with van der Waals surface area (Å²) >= 11 is 10.4. The normalized spacial score (nSPS) is 10.4. The van der Waals surface area contributed by atoms with Crippen molar-refractivity contribution in [3.8, 4) is 0 Å². The molecule has 0 radical (unpaired) electrons. The molecule has 0 saturated heterocycles. The predicted octanol–water partition coefficient (Wildman–Crippen LogP) is 3.02. The Morgan fingerprint density at radius 1 is 1.31 bits per heavy atom. The van der Waals surface area contributed by atoms with E-state index in [1.54, 1.807) is 6.20 Å². The highest BCUT2D eigenvalue weighted by Crippen LogP contribution is 2.33. The second-order valence-corrected chi connectivity index (χ2v) is 4.96. The Morgan fingerprint density at radius 2 is 2.12 bits per heavy atom. The first-order chi connectivity index (χ1) is 7.66. The van der Waals surface area contributed by atoms with Crippen LogP contribution < -0.4 is 5.73 Å². The molecule has 2 aromatic rings. The highest BCUT2D eigenvalue weighted by atomic mass is 79.9. The molecule has 2 N–H and O–H groups in total. The second-order valence-electron chi connectivity index (χ2n) is 2.79. The van der Waals surface area contributed by atoms with Gasteiger partial charge in [-0.05, 0) is 51.4 Å². The van der Waals surface area contributed by atoms with Crippen LogP contribution in [0.2, 0.25) is 5.28 Å². The molecule has 82 valence electrons. The Balaban J connectivity index is 2.34. The molecule has 0 aliphatic carbocycles. The Hall–Kier alpha value is -0.850. The first-order valence-electron chi connectivity index (χ1n) is 4.23. The molecule has 0 aliphatic rings. The average Bonchev–Trinajstić information content (AvgIpc) is 2.27. The third-order valence-corrected chi connectivity index (χ3v) is 3.79. The number of pyridine rings is 1. The van der Waals surface area contributed by atoms with Crippen LogP contribution >= 0.6 is 39.3 Å². The van der Waals surface area contributed by atoms with Gasteiger partial charge in [0.15, 0.2) is 0 Å². The molecule has 0 atom stereocenters. The zero-order valence-electron chi connectivity index (χ0n) is 7.89. The molecule has 0 saturated carbocycles. The lowest BCUT2D eigenvalue weighted by Crippen LogP contribution is -1.95. The van der Waals surface area contributed by atoms with Crippen LogP contribution in [0, 0.1) is 0 Å². The van der Waals surface area contributed by atoms with Crippen molar-refractivity contribution in [2.24, 2.45) is 0 Å². The summed E-state index contributed by atoms with van der Waals surface area (Å²) in [7, 11) is 0. The van der Waals surface area contributed by atoms with Crippen molar-refractivity contribution in [2.75, 3.05) is 5.73 Å². The van der Waals surface area contributed by atoms with Crippen LogP contribution in [0.4, 0.5) is 5.69 Å². The number of aromatic nitrogens is 3. The van der Waals surface area contributed by atoms with Crippen LogP contribution in [0.5, 0.6) is 0 Å². The summed E-state index contributed by atoms with van der Waals surface area (Å²) in [6, 6.07) is 3.73. The van der Waals surface area contributed by atoms with Crippen molar-refractivity contribution < 1.29 is 0 Å². The van der Waals surface area contributed by atoms with Crippen LogP contribution in [0.15, 0.2) is 39.1 Å². The highest BCUT2D eigenvalue weighted by molar-refractivity contribution is 9.10. The molecule has 0 aromatic carbocycles. The fourth-order valence-corrected chi connectivity index (χ4v) is 2.42. The number of hydrogen-bond acceptors (Lipinski definition) is 5. The maximum Gasteiger partial charge on any atom is 0.223 e. The fraction of sp³-hybridized carbons (Fsp3) is 0. The molecular formula is C9H6BrClN4S. The number of hydrogen-bond donors (Lipinski definition) is 1. The number of anilines is 1. The molecule has 4 nitrogen and oxygen atoms in total. The Kier molecular flexibility index (Phi) is 3.63. The van der Waals surface area contributed by atoms with Gasteiger partial charge in [0.25, 0.3) is 0 Å². The molecule has 0 spiro atoms. The molecule has 0 aliphatic heterocycles. The quantitative estimate of drug-likeness (QED) is 0.681. The largest absolute Gasteiger partial charge is 0.395 e. The number of nitrogens with zero attached hydrogens (tertiary/aromatic N) is 3.